The fourth-order valence-electron chi connectivity index (χ4n) is 0.698. The molecule has 0 unspecified atom stereocenters. The van der Waals surface area contributed by atoms with E-state index >= 15 is 0 Å². The minimum absolute atomic E-state index is 1.30. The molecule has 0 aromatic heterocycles. The van der Waals surface area contributed by atoms with Crippen LogP contribution in [0.1, 0.15) is 6.92 Å². The van der Waals surface area contributed by atoms with Gasteiger partial charge in [0.2, 0.25) is 0 Å². The second kappa shape index (κ2) is 19.0. The van der Waals surface area contributed by atoms with Crippen molar-refractivity contribution in [2.24, 2.45) is 4.90 Å². The Morgan fingerprint density at radius 1 is 0.560 bits per heavy atom. The summed E-state index contributed by atoms with van der Waals surface area (Å²) in [5, 5.41) is 0. The van der Waals surface area contributed by atoms with Crippen LogP contribution in [0.5, 0.6) is 0 Å². The van der Waals surface area contributed by atoms with Gasteiger partial charge in [-0.25, -0.2) is 0 Å². The van der Waals surface area contributed by atoms with Crippen molar-refractivity contribution in [3.63, 3.8) is 0 Å². The van der Waals surface area contributed by atoms with E-state index < -0.39 is 0 Å². The molecule has 0 aliphatic carbocycles. The van der Waals surface area contributed by atoms with E-state index in [0.29, 0.717) is 0 Å². The van der Waals surface area contributed by atoms with Gasteiger partial charge in [0.1, 0.15) is 0 Å². The maximum absolute atomic E-state index is 4.91. The number of rotatable bonds is 0. The van der Waals surface area contributed by atoms with Crippen LogP contribution in [0.3, 0.4) is 0 Å². The van der Waals surface area contributed by atoms with Crippen LogP contribution in [-0.2, 0) is 0 Å². The molecule has 0 heterocycles. The molecule has 0 aromatic rings. The van der Waals surface area contributed by atoms with E-state index in [4.69, 9.17) is 6.42 Å². The molecule has 0 saturated carbocycles. The zero-order valence-corrected chi connectivity index (χ0v) is 13.1. The van der Waals surface area contributed by atoms with Crippen molar-refractivity contribution >= 4 is 7.07 Å². The van der Waals surface area contributed by atoms with E-state index in [0.717, 1.165) is 0 Å². The molecule has 0 saturated heterocycles. The van der Waals surface area contributed by atoms with Gasteiger partial charge in [-0.3, -0.25) is 0 Å². The first kappa shape index (κ1) is 20.0. The zero-order valence-electron chi connectivity index (χ0n) is 13.1. The van der Waals surface area contributed by atoms with Crippen LogP contribution < -0.4 is 0 Å². The first-order valence-corrected chi connectivity index (χ1v) is 6.31. The van der Waals surface area contributed by atoms with Gasteiger partial charge in [-0.2, -0.15) is 0 Å². The summed E-state index contributed by atoms with van der Waals surface area (Å²) in [5.74, 6) is 49.5. The third-order valence-electron chi connectivity index (χ3n) is 1.46. The number of terminal acetylenes is 1. The Bertz CT molecular complexity index is 1200. The van der Waals surface area contributed by atoms with Crippen LogP contribution >= 0.6 is 0 Å². The van der Waals surface area contributed by atoms with E-state index in [1.54, 1.807) is 6.92 Å². The predicted octanol–water partition coefficient (Wildman–Crippen LogP) is 0.476. The molecular formula is C23H4BN. The van der Waals surface area contributed by atoms with Crippen LogP contribution in [-0.4, -0.2) is 7.07 Å². The van der Waals surface area contributed by atoms with E-state index in [9.17, 15) is 0 Å². The summed E-state index contributed by atoms with van der Waals surface area (Å²) >= 11 is 0. The third kappa shape index (κ3) is 19.0. The van der Waals surface area contributed by atoms with Crippen LogP contribution in [0.2, 0.25) is 0 Å². The quantitative estimate of drug-likeness (QED) is 0.456. The molecule has 0 N–H and O–H groups in total. The molecule has 2 heteroatoms. The molecule has 0 radical (unpaired) electrons. The molecule has 0 amide bonds. The standard InChI is InChI=1S/C23H4BN/c1-3-5-7-9-11-13-15-17-19-21-23-25-24-22-20-18-16-14-12-10-8-6-4-2/h1H,2H3. The Balaban J connectivity index is 4.34. The van der Waals surface area contributed by atoms with Gasteiger partial charge in [-0.1, -0.05) is 0 Å². The summed E-state index contributed by atoms with van der Waals surface area (Å²) in [5.41, 5.74) is 0. The van der Waals surface area contributed by atoms with Crippen LogP contribution in [0, 0.1) is 131 Å². The molecule has 0 aromatic carbocycles. The third-order valence-corrected chi connectivity index (χ3v) is 1.46. The number of hydrogen-bond acceptors (Lipinski definition) is 1. The van der Waals surface area contributed by atoms with Crippen LogP contribution in [0.25, 0.3) is 0 Å². The van der Waals surface area contributed by atoms with Gasteiger partial charge in [0.15, 0.2) is 0 Å². The number of hydrogen-bond donors (Lipinski definition) is 0. The van der Waals surface area contributed by atoms with Crippen molar-refractivity contribution in [1.29, 1.82) is 0 Å². The van der Waals surface area contributed by atoms with Crippen LogP contribution in [0.4, 0.5) is 0 Å². The van der Waals surface area contributed by atoms with Crippen molar-refractivity contribution in [2.45, 2.75) is 6.92 Å². The van der Waals surface area contributed by atoms with E-state index in [1.165, 1.54) is 7.07 Å². The first-order valence-electron chi connectivity index (χ1n) is 6.31. The Hall–Kier alpha value is -4.98. The van der Waals surface area contributed by atoms with Crippen molar-refractivity contribution in [1.82, 2.24) is 0 Å². The molecule has 104 valence electrons. The SMILES string of the molecule is C#CC#CC#CC#CC#CC#CN=BC#CC#CC#CC#CC#CC. The maximum atomic E-state index is 4.91. The molecule has 0 atom stereocenters. The zero-order chi connectivity index (χ0) is 18.3. The second-order valence-corrected chi connectivity index (χ2v) is 3.03. The van der Waals surface area contributed by atoms with Gasteiger partial charge >= 0.3 is 143 Å². The Kier molecular flexibility index (Phi) is 15.2. The van der Waals surface area contributed by atoms with Gasteiger partial charge < -0.3 is 0 Å². The molecule has 1 nitrogen and oxygen atoms in total. The molecule has 0 aliphatic heterocycles. The topological polar surface area (TPSA) is 12.4 Å². The summed E-state index contributed by atoms with van der Waals surface area (Å²) in [4.78, 5) is 3.69. The second-order valence-electron chi connectivity index (χ2n) is 3.03. The first-order chi connectivity index (χ1) is 12.4. The normalized spacial score (nSPS) is 4.48. The van der Waals surface area contributed by atoms with E-state index in [1.807, 2.05) is 0 Å². The fraction of sp³-hybridized carbons (Fsp3) is 0.0435. The van der Waals surface area contributed by atoms with Gasteiger partial charge in [-0.15, -0.1) is 6.42 Å². The molecule has 0 aliphatic rings. The molecule has 0 fully saturated rings. The summed E-state index contributed by atoms with van der Waals surface area (Å²) < 4.78 is 0. The minimum atomic E-state index is 1.30. The molecule has 25 heavy (non-hydrogen) atoms. The van der Waals surface area contributed by atoms with Gasteiger partial charge in [0, 0.05) is 0 Å². The van der Waals surface area contributed by atoms with Crippen molar-refractivity contribution in [3.8, 4) is 131 Å². The Morgan fingerprint density at radius 2 is 1.00 bits per heavy atom. The summed E-state index contributed by atoms with van der Waals surface area (Å²) in [6.45, 7) is 1.70. The number of nitrogens with zero attached hydrogens (tertiary/aromatic N) is 1. The average Bonchev–Trinajstić information content (AvgIpc) is 2.63. The van der Waals surface area contributed by atoms with Gasteiger partial charge in [0.25, 0.3) is 0 Å². The van der Waals surface area contributed by atoms with Crippen molar-refractivity contribution < 1.29 is 0 Å². The van der Waals surface area contributed by atoms with Crippen LogP contribution in [0.15, 0.2) is 4.90 Å². The van der Waals surface area contributed by atoms with E-state index in [2.05, 4.69) is 129 Å². The summed E-state index contributed by atoms with van der Waals surface area (Å²) in [7, 11) is 1.30. The molecule has 0 rings (SSSR count). The molecule has 0 bridgehead atoms. The van der Waals surface area contributed by atoms with E-state index in [-0.39, 0.29) is 0 Å². The average molecular weight is 305 g/mol. The fourth-order valence-corrected chi connectivity index (χ4v) is 0.698. The molecule has 0 spiro atoms. The Labute approximate surface area is 150 Å². The summed E-state index contributed by atoms with van der Waals surface area (Å²) in [6, 6.07) is 2.42. The van der Waals surface area contributed by atoms with Gasteiger partial charge in [0.05, 0.1) is 0 Å². The van der Waals surface area contributed by atoms with Gasteiger partial charge in [-0.05, 0) is 0 Å². The Morgan fingerprint density at radius 3 is 1.52 bits per heavy atom. The van der Waals surface area contributed by atoms with Crippen molar-refractivity contribution in [3.05, 3.63) is 0 Å². The predicted molar refractivity (Wildman–Crippen MR) is 100 cm³/mol. The molecular weight excluding hydrogens is 301 g/mol. The summed E-state index contributed by atoms with van der Waals surface area (Å²) in [6.07, 6.45) is 4.91. The van der Waals surface area contributed by atoms with Crippen molar-refractivity contribution in [2.75, 3.05) is 0 Å². The monoisotopic (exact) mass is 305 g/mol.